The number of hydrogen-bond acceptors (Lipinski definition) is 5. The van der Waals surface area contributed by atoms with Crippen molar-refractivity contribution < 1.29 is 9.53 Å². The maximum atomic E-state index is 12.0. The Kier molecular flexibility index (Phi) is 5.11. The zero-order valence-electron chi connectivity index (χ0n) is 11.2. The van der Waals surface area contributed by atoms with E-state index in [0.717, 1.165) is 32.7 Å². The highest BCUT2D eigenvalue weighted by Gasteiger charge is 2.13. The number of nitrogens with zero attached hydrogens (tertiary/aromatic N) is 2. The molecular weight excluding hydrogens is 244 g/mol. The summed E-state index contributed by atoms with van der Waals surface area (Å²) in [6.45, 7) is 5.63. The average molecular weight is 264 g/mol. The fourth-order valence-corrected chi connectivity index (χ4v) is 2.09. The number of aromatic nitrogens is 1. The fraction of sp³-hybridized carbons (Fsp3) is 0.538. The van der Waals surface area contributed by atoms with Gasteiger partial charge in [0.15, 0.2) is 0 Å². The molecule has 1 saturated heterocycles. The SMILES string of the molecule is COc1cnccc1C(=O)NCCN1CCNCC1. The van der Waals surface area contributed by atoms with Gasteiger partial charge in [0.2, 0.25) is 0 Å². The summed E-state index contributed by atoms with van der Waals surface area (Å²) in [6.07, 6.45) is 3.14. The van der Waals surface area contributed by atoms with Gasteiger partial charge in [-0.2, -0.15) is 0 Å². The van der Waals surface area contributed by atoms with E-state index < -0.39 is 0 Å². The third kappa shape index (κ3) is 3.90. The monoisotopic (exact) mass is 264 g/mol. The molecule has 2 rings (SSSR count). The molecule has 1 aromatic heterocycles. The molecular formula is C13H20N4O2. The van der Waals surface area contributed by atoms with Gasteiger partial charge in [0.25, 0.3) is 5.91 Å². The molecule has 0 spiro atoms. The van der Waals surface area contributed by atoms with Crippen molar-refractivity contribution in [3.8, 4) is 5.75 Å². The standard InChI is InChI=1S/C13H20N4O2/c1-19-12-10-15-3-2-11(12)13(18)16-6-9-17-7-4-14-5-8-17/h2-3,10,14H,4-9H2,1H3,(H,16,18). The Balaban J connectivity index is 1.80. The highest BCUT2D eigenvalue weighted by atomic mass is 16.5. The minimum absolute atomic E-state index is 0.116. The number of piperazine rings is 1. The van der Waals surface area contributed by atoms with Crippen LogP contribution in [0.3, 0.4) is 0 Å². The first-order valence-electron chi connectivity index (χ1n) is 6.50. The third-order valence-electron chi connectivity index (χ3n) is 3.17. The molecule has 2 heterocycles. The third-order valence-corrected chi connectivity index (χ3v) is 3.17. The molecule has 6 nitrogen and oxygen atoms in total. The molecule has 1 aromatic rings. The molecule has 0 aliphatic carbocycles. The maximum Gasteiger partial charge on any atom is 0.255 e. The van der Waals surface area contributed by atoms with Crippen LogP contribution < -0.4 is 15.4 Å². The van der Waals surface area contributed by atoms with Gasteiger partial charge in [0.1, 0.15) is 5.75 Å². The van der Waals surface area contributed by atoms with E-state index in [-0.39, 0.29) is 5.91 Å². The summed E-state index contributed by atoms with van der Waals surface area (Å²) in [5.41, 5.74) is 0.526. The summed E-state index contributed by atoms with van der Waals surface area (Å²) < 4.78 is 5.12. The van der Waals surface area contributed by atoms with Gasteiger partial charge in [-0.25, -0.2) is 0 Å². The second-order valence-corrected chi connectivity index (χ2v) is 4.42. The minimum Gasteiger partial charge on any atom is -0.494 e. The summed E-state index contributed by atoms with van der Waals surface area (Å²) in [6, 6.07) is 1.67. The average Bonchev–Trinajstić information content (AvgIpc) is 2.48. The fourth-order valence-electron chi connectivity index (χ4n) is 2.09. The second-order valence-electron chi connectivity index (χ2n) is 4.42. The normalized spacial score (nSPS) is 16.1. The van der Waals surface area contributed by atoms with Crippen molar-refractivity contribution in [1.29, 1.82) is 0 Å². The van der Waals surface area contributed by atoms with Gasteiger partial charge in [-0.05, 0) is 6.07 Å². The van der Waals surface area contributed by atoms with Gasteiger partial charge in [0, 0.05) is 45.5 Å². The van der Waals surface area contributed by atoms with E-state index in [1.807, 2.05) is 0 Å². The summed E-state index contributed by atoms with van der Waals surface area (Å²) in [5, 5.41) is 6.21. The summed E-state index contributed by atoms with van der Waals surface area (Å²) >= 11 is 0. The van der Waals surface area contributed by atoms with E-state index in [9.17, 15) is 4.79 Å². The summed E-state index contributed by atoms with van der Waals surface area (Å²) in [7, 11) is 1.54. The first-order chi connectivity index (χ1) is 9.31. The van der Waals surface area contributed by atoms with Crippen LogP contribution in [0.4, 0.5) is 0 Å². The predicted octanol–water partition coefficient (Wildman–Crippen LogP) is -0.275. The first-order valence-corrected chi connectivity index (χ1v) is 6.50. The first kappa shape index (κ1) is 13.8. The molecule has 2 N–H and O–H groups in total. The van der Waals surface area contributed by atoms with Crippen molar-refractivity contribution in [2.75, 3.05) is 46.4 Å². The molecule has 19 heavy (non-hydrogen) atoms. The largest absolute Gasteiger partial charge is 0.494 e. The molecule has 1 fully saturated rings. The van der Waals surface area contributed by atoms with Gasteiger partial charge in [-0.1, -0.05) is 0 Å². The summed E-state index contributed by atoms with van der Waals surface area (Å²) in [5.74, 6) is 0.386. The number of ether oxygens (including phenoxy) is 1. The molecule has 104 valence electrons. The zero-order valence-corrected chi connectivity index (χ0v) is 11.2. The Morgan fingerprint density at radius 1 is 1.53 bits per heavy atom. The smallest absolute Gasteiger partial charge is 0.255 e. The van der Waals surface area contributed by atoms with Crippen LogP contribution in [-0.2, 0) is 0 Å². The van der Waals surface area contributed by atoms with E-state index in [1.54, 1.807) is 18.5 Å². The molecule has 0 atom stereocenters. The molecule has 1 aliphatic heterocycles. The molecule has 6 heteroatoms. The van der Waals surface area contributed by atoms with Crippen molar-refractivity contribution in [3.63, 3.8) is 0 Å². The number of pyridine rings is 1. The Morgan fingerprint density at radius 2 is 2.32 bits per heavy atom. The number of hydrogen-bond donors (Lipinski definition) is 2. The molecule has 0 unspecified atom stereocenters. The van der Waals surface area contributed by atoms with Crippen LogP contribution >= 0.6 is 0 Å². The molecule has 0 aromatic carbocycles. The molecule has 0 radical (unpaired) electrons. The Hall–Kier alpha value is -1.66. The van der Waals surface area contributed by atoms with Crippen LogP contribution in [-0.4, -0.2) is 62.2 Å². The Bertz CT molecular complexity index is 419. The highest BCUT2D eigenvalue weighted by Crippen LogP contribution is 2.14. The lowest BCUT2D eigenvalue weighted by Crippen LogP contribution is -2.46. The zero-order chi connectivity index (χ0) is 13.5. The lowest BCUT2D eigenvalue weighted by Gasteiger charge is -2.27. The van der Waals surface area contributed by atoms with Gasteiger partial charge in [-0.15, -0.1) is 0 Å². The number of methoxy groups -OCH3 is 1. The van der Waals surface area contributed by atoms with Crippen molar-refractivity contribution in [2.24, 2.45) is 0 Å². The van der Waals surface area contributed by atoms with Crippen molar-refractivity contribution in [2.45, 2.75) is 0 Å². The Labute approximate surface area is 113 Å². The quantitative estimate of drug-likeness (QED) is 0.766. The molecule has 0 bridgehead atoms. The predicted molar refractivity (Wildman–Crippen MR) is 72.4 cm³/mol. The number of carbonyl (C=O) groups is 1. The Morgan fingerprint density at radius 3 is 3.05 bits per heavy atom. The van der Waals surface area contributed by atoms with Crippen molar-refractivity contribution in [3.05, 3.63) is 24.0 Å². The van der Waals surface area contributed by atoms with E-state index >= 15 is 0 Å². The van der Waals surface area contributed by atoms with Gasteiger partial charge < -0.3 is 15.4 Å². The van der Waals surface area contributed by atoms with Crippen LogP contribution in [0.5, 0.6) is 5.75 Å². The lowest BCUT2D eigenvalue weighted by atomic mass is 10.2. The molecule has 1 aliphatic rings. The van der Waals surface area contributed by atoms with E-state index in [4.69, 9.17) is 4.74 Å². The number of nitrogens with one attached hydrogen (secondary N) is 2. The van der Waals surface area contributed by atoms with Crippen LogP contribution in [0.2, 0.25) is 0 Å². The van der Waals surface area contributed by atoms with Gasteiger partial charge in [0.05, 0.1) is 18.9 Å². The van der Waals surface area contributed by atoms with E-state index in [2.05, 4.69) is 20.5 Å². The van der Waals surface area contributed by atoms with E-state index in [1.165, 1.54) is 7.11 Å². The minimum atomic E-state index is -0.116. The number of amides is 1. The maximum absolute atomic E-state index is 12.0. The van der Waals surface area contributed by atoms with Crippen molar-refractivity contribution in [1.82, 2.24) is 20.5 Å². The number of carbonyl (C=O) groups excluding carboxylic acids is 1. The van der Waals surface area contributed by atoms with Gasteiger partial charge in [-0.3, -0.25) is 14.7 Å². The molecule has 1 amide bonds. The van der Waals surface area contributed by atoms with Crippen LogP contribution in [0.25, 0.3) is 0 Å². The lowest BCUT2D eigenvalue weighted by molar-refractivity contribution is 0.0944. The molecule has 0 saturated carbocycles. The second kappa shape index (κ2) is 7.06. The van der Waals surface area contributed by atoms with E-state index in [0.29, 0.717) is 17.9 Å². The topological polar surface area (TPSA) is 66.5 Å². The van der Waals surface area contributed by atoms with Crippen LogP contribution in [0.15, 0.2) is 18.5 Å². The summed E-state index contributed by atoms with van der Waals surface area (Å²) in [4.78, 5) is 18.3. The number of rotatable bonds is 5. The van der Waals surface area contributed by atoms with Gasteiger partial charge >= 0.3 is 0 Å². The van der Waals surface area contributed by atoms with Crippen LogP contribution in [0.1, 0.15) is 10.4 Å². The van der Waals surface area contributed by atoms with Crippen LogP contribution in [0, 0.1) is 0 Å². The van der Waals surface area contributed by atoms with Crippen molar-refractivity contribution >= 4 is 5.91 Å². The highest BCUT2D eigenvalue weighted by molar-refractivity contribution is 5.96.